The average molecular weight is 329 g/mol. The maximum atomic E-state index is 9.89. The lowest BCUT2D eigenvalue weighted by Gasteiger charge is -2.35. The van der Waals surface area contributed by atoms with Gasteiger partial charge in [0.15, 0.2) is 0 Å². The predicted molar refractivity (Wildman–Crippen MR) is 103 cm³/mol. The molecule has 0 aliphatic heterocycles. The zero-order valence-electron chi connectivity index (χ0n) is 14.4. The van der Waals surface area contributed by atoms with Gasteiger partial charge in [0.25, 0.3) is 0 Å². The molecule has 0 heterocycles. The molecule has 0 fully saturated rings. The lowest BCUT2D eigenvalue weighted by Crippen LogP contribution is -2.20. The summed E-state index contributed by atoms with van der Waals surface area (Å²) in [7, 11) is 1.94. The summed E-state index contributed by atoms with van der Waals surface area (Å²) >= 11 is 0. The first-order chi connectivity index (χ1) is 12.3. The number of hydrogen-bond donors (Lipinski definition) is 2. The van der Waals surface area contributed by atoms with Gasteiger partial charge >= 0.3 is 0 Å². The summed E-state index contributed by atoms with van der Waals surface area (Å²) in [5.41, 5.74) is 6.47. The van der Waals surface area contributed by atoms with Gasteiger partial charge < -0.3 is 10.4 Å². The third-order valence-electron chi connectivity index (χ3n) is 5.37. The smallest absolute Gasteiger partial charge is 0.115 e. The number of phenols is 1. The van der Waals surface area contributed by atoms with Gasteiger partial charge in [-0.3, -0.25) is 0 Å². The molecule has 0 aromatic heterocycles. The van der Waals surface area contributed by atoms with E-state index in [0.29, 0.717) is 17.6 Å². The second kappa shape index (κ2) is 6.64. The quantitative estimate of drug-likeness (QED) is 0.684. The molecule has 0 amide bonds. The van der Waals surface area contributed by atoms with Crippen molar-refractivity contribution in [3.63, 3.8) is 0 Å². The SMILES string of the molecule is CNc1ccc([C@@H]2c3ccc(O)cc3CC[C@@H]2c2ccccc2)cc1. The number of fused-ring (bicyclic) bond motifs is 1. The van der Waals surface area contributed by atoms with E-state index in [9.17, 15) is 5.11 Å². The Morgan fingerprint density at radius 1 is 0.880 bits per heavy atom. The van der Waals surface area contributed by atoms with Gasteiger partial charge in [0.05, 0.1) is 0 Å². The van der Waals surface area contributed by atoms with Gasteiger partial charge in [-0.1, -0.05) is 48.5 Å². The van der Waals surface area contributed by atoms with E-state index in [1.165, 1.54) is 22.3 Å². The van der Waals surface area contributed by atoms with Crippen molar-refractivity contribution in [3.8, 4) is 5.75 Å². The standard InChI is InChI=1S/C23H23NO/c1-24-19-10-7-17(8-11-19)23-21(16-5-3-2-4-6-16)13-9-18-15-20(25)12-14-22(18)23/h2-8,10-12,14-15,21,23-25H,9,13H2,1H3/t21-,23+/m1/s1. The van der Waals surface area contributed by atoms with Gasteiger partial charge in [-0.25, -0.2) is 0 Å². The van der Waals surface area contributed by atoms with Crippen LogP contribution in [0.1, 0.15) is 40.5 Å². The number of nitrogens with one attached hydrogen (secondary N) is 1. The van der Waals surface area contributed by atoms with Gasteiger partial charge in [0.2, 0.25) is 0 Å². The van der Waals surface area contributed by atoms with Gasteiger partial charge in [-0.2, -0.15) is 0 Å². The molecular weight excluding hydrogens is 306 g/mol. The van der Waals surface area contributed by atoms with Crippen LogP contribution in [0, 0.1) is 0 Å². The highest BCUT2D eigenvalue weighted by Gasteiger charge is 2.32. The molecule has 2 atom stereocenters. The van der Waals surface area contributed by atoms with E-state index in [2.05, 4.69) is 66.0 Å². The Kier molecular flexibility index (Phi) is 4.19. The van der Waals surface area contributed by atoms with Crippen molar-refractivity contribution < 1.29 is 5.11 Å². The molecule has 25 heavy (non-hydrogen) atoms. The number of hydrogen-bond acceptors (Lipinski definition) is 2. The van der Waals surface area contributed by atoms with Crippen molar-refractivity contribution in [1.29, 1.82) is 0 Å². The van der Waals surface area contributed by atoms with Crippen LogP contribution in [0.2, 0.25) is 0 Å². The van der Waals surface area contributed by atoms with Gasteiger partial charge in [-0.15, -0.1) is 0 Å². The van der Waals surface area contributed by atoms with Crippen molar-refractivity contribution in [3.05, 3.63) is 95.1 Å². The predicted octanol–water partition coefficient (Wildman–Crippen LogP) is 5.30. The number of aryl methyl sites for hydroxylation is 1. The zero-order valence-corrected chi connectivity index (χ0v) is 14.4. The Labute approximate surface area is 149 Å². The van der Waals surface area contributed by atoms with Crippen LogP contribution in [-0.2, 0) is 6.42 Å². The van der Waals surface area contributed by atoms with E-state index in [1.54, 1.807) is 0 Å². The Hall–Kier alpha value is -2.74. The van der Waals surface area contributed by atoms with Gasteiger partial charge in [0.1, 0.15) is 5.75 Å². The van der Waals surface area contributed by atoms with Crippen LogP contribution in [0.15, 0.2) is 72.8 Å². The van der Waals surface area contributed by atoms with Crippen molar-refractivity contribution in [2.24, 2.45) is 0 Å². The molecule has 3 aromatic rings. The minimum atomic E-state index is 0.317. The van der Waals surface area contributed by atoms with Crippen LogP contribution >= 0.6 is 0 Å². The van der Waals surface area contributed by atoms with Crippen LogP contribution in [0.25, 0.3) is 0 Å². The fourth-order valence-electron chi connectivity index (χ4n) is 4.13. The summed E-state index contributed by atoms with van der Waals surface area (Å²) in [5.74, 6) is 1.14. The molecule has 0 bridgehead atoms. The van der Waals surface area contributed by atoms with Gasteiger partial charge in [-0.05, 0) is 65.3 Å². The molecule has 1 aliphatic rings. The first kappa shape index (κ1) is 15.8. The molecule has 4 rings (SSSR count). The minimum absolute atomic E-state index is 0.317. The molecule has 2 heteroatoms. The van der Waals surface area contributed by atoms with Crippen LogP contribution in [0.3, 0.4) is 0 Å². The molecule has 126 valence electrons. The maximum absolute atomic E-state index is 9.89. The highest BCUT2D eigenvalue weighted by molar-refractivity contribution is 5.51. The molecule has 0 spiro atoms. The number of benzene rings is 3. The highest BCUT2D eigenvalue weighted by Crippen LogP contribution is 2.46. The fraction of sp³-hybridized carbons (Fsp3) is 0.217. The fourth-order valence-corrected chi connectivity index (χ4v) is 4.13. The van der Waals surface area contributed by atoms with Crippen molar-refractivity contribution in [2.45, 2.75) is 24.7 Å². The maximum Gasteiger partial charge on any atom is 0.115 e. The summed E-state index contributed by atoms with van der Waals surface area (Å²) in [6, 6.07) is 25.4. The van der Waals surface area contributed by atoms with E-state index in [4.69, 9.17) is 0 Å². The lowest BCUT2D eigenvalue weighted by atomic mass is 9.69. The van der Waals surface area contributed by atoms with Crippen molar-refractivity contribution >= 4 is 5.69 Å². The molecule has 1 aliphatic carbocycles. The first-order valence-electron chi connectivity index (χ1n) is 8.90. The summed E-state index contributed by atoms with van der Waals surface area (Å²) < 4.78 is 0. The average Bonchev–Trinajstić information content (AvgIpc) is 2.68. The Morgan fingerprint density at radius 3 is 2.36 bits per heavy atom. The topological polar surface area (TPSA) is 32.3 Å². The lowest BCUT2D eigenvalue weighted by molar-refractivity contribution is 0.469. The molecular formula is C23H23NO. The first-order valence-corrected chi connectivity index (χ1v) is 8.90. The molecule has 3 aromatic carbocycles. The van der Waals surface area contributed by atoms with Crippen molar-refractivity contribution in [2.75, 3.05) is 12.4 Å². The summed E-state index contributed by atoms with van der Waals surface area (Å²) in [4.78, 5) is 0. The monoisotopic (exact) mass is 329 g/mol. The van der Waals surface area contributed by atoms with E-state index < -0.39 is 0 Å². The summed E-state index contributed by atoms with van der Waals surface area (Å²) in [5, 5.41) is 13.1. The number of aromatic hydroxyl groups is 1. The molecule has 2 N–H and O–H groups in total. The Bertz CT molecular complexity index is 855. The summed E-state index contributed by atoms with van der Waals surface area (Å²) in [6.07, 6.45) is 2.10. The number of anilines is 1. The zero-order chi connectivity index (χ0) is 17.2. The van der Waals surface area contributed by atoms with E-state index in [-0.39, 0.29) is 0 Å². The number of phenolic OH excluding ortho intramolecular Hbond substituents is 1. The van der Waals surface area contributed by atoms with Crippen LogP contribution in [0.5, 0.6) is 5.75 Å². The van der Waals surface area contributed by atoms with Crippen LogP contribution in [-0.4, -0.2) is 12.2 Å². The Balaban J connectivity index is 1.83. The molecule has 2 nitrogen and oxygen atoms in total. The molecule has 0 saturated heterocycles. The molecule has 0 saturated carbocycles. The second-order valence-electron chi connectivity index (χ2n) is 6.79. The third kappa shape index (κ3) is 3.00. The molecule has 0 unspecified atom stereocenters. The van der Waals surface area contributed by atoms with Crippen LogP contribution < -0.4 is 5.32 Å². The molecule has 0 radical (unpaired) electrons. The van der Waals surface area contributed by atoms with E-state index >= 15 is 0 Å². The minimum Gasteiger partial charge on any atom is -0.508 e. The normalized spacial score (nSPS) is 19.2. The second-order valence-corrected chi connectivity index (χ2v) is 6.79. The Morgan fingerprint density at radius 2 is 1.64 bits per heavy atom. The van der Waals surface area contributed by atoms with E-state index in [1.807, 2.05) is 19.2 Å². The van der Waals surface area contributed by atoms with Crippen LogP contribution in [0.4, 0.5) is 5.69 Å². The van der Waals surface area contributed by atoms with Crippen molar-refractivity contribution in [1.82, 2.24) is 0 Å². The van der Waals surface area contributed by atoms with E-state index in [0.717, 1.165) is 18.5 Å². The third-order valence-corrected chi connectivity index (χ3v) is 5.37. The number of rotatable bonds is 3. The highest BCUT2D eigenvalue weighted by atomic mass is 16.3. The largest absolute Gasteiger partial charge is 0.508 e. The summed E-state index contributed by atoms with van der Waals surface area (Å²) in [6.45, 7) is 0. The van der Waals surface area contributed by atoms with Gasteiger partial charge in [0, 0.05) is 18.7 Å².